The van der Waals surface area contributed by atoms with Crippen LogP contribution < -0.4 is 0 Å². The molecule has 0 amide bonds. The smallest absolute Gasteiger partial charge is 0.149 e. The van der Waals surface area contributed by atoms with Crippen molar-refractivity contribution in [2.24, 2.45) is 0 Å². The summed E-state index contributed by atoms with van der Waals surface area (Å²) in [6.07, 6.45) is 0.861. The summed E-state index contributed by atoms with van der Waals surface area (Å²) in [4.78, 5) is 7.59. The van der Waals surface area contributed by atoms with Gasteiger partial charge in [-0.1, -0.05) is 24.6 Å². The third kappa shape index (κ3) is 1.70. The number of hydrogen-bond acceptors (Lipinski definition) is 2. The SMILES string of the molecule is CCC(C)=C(C#N)c1nc2ccccc2[nH]1. The van der Waals surface area contributed by atoms with E-state index >= 15 is 0 Å². The Hall–Kier alpha value is -2.08. The predicted octanol–water partition coefficient (Wildman–Crippen LogP) is 3.27. The molecule has 0 aliphatic carbocycles. The van der Waals surface area contributed by atoms with E-state index in [2.05, 4.69) is 16.0 Å². The molecule has 0 radical (unpaired) electrons. The lowest BCUT2D eigenvalue weighted by atomic mass is 10.1. The van der Waals surface area contributed by atoms with Crippen LogP contribution in [0.15, 0.2) is 29.8 Å². The number of fused-ring (bicyclic) bond motifs is 1. The average Bonchev–Trinajstić information content (AvgIpc) is 2.72. The van der Waals surface area contributed by atoms with Crippen LogP contribution in [0.4, 0.5) is 0 Å². The van der Waals surface area contributed by atoms with Crippen molar-refractivity contribution in [1.29, 1.82) is 5.26 Å². The molecule has 0 aliphatic rings. The molecule has 0 saturated heterocycles. The van der Waals surface area contributed by atoms with Gasteiger partial charge < -0.3 is 4.98 Å². The first-order chi connectivity index (χ1) is 7.76. The van der Waals surface area contributed by atoms with Gasteiger partial charge in [0.25, 0.3) is 0 Å². The van der Waals surface area contributed by atoms with Gasteiger partial charge in [-0.15, -0.1) is 0 Å². The number of nitrogens with zero attached hydrogens (tertiary/aromatic N) is 2. The number of imidazole rings is 1. The van der Waals surface area contributed by atoms with Crippen LogP contribution in [0, 0.1) is 11.3 Å². The molecular formula is C13H13N3. The number of para-hydroxylation sites is 2. The van der Waals surface area contributed by atoms with Gasteiger partial charge in [0.15, 0.2) is 0 Å². The summed E-state index contributed by atoms with van der Waals surface area (Å²) in [5, 5.41) is 9.14. The Morgan fingerprint density at radius 2 is 2.19 bits per heavy atom. The lowest BCUT2D eigenvalue weighted by Crippen LogP contribution is -1.88. The van der Waals surface area contributed by atoms with Crippen molar-refractivity contribution in [2.75, 3.05) is 0 Å². The number of rotatable bonds is 2. The van der Waals surface area contributed by atoms with Crippen LogP contribution in [-0.2, 0) is 0 Å². The van der Waals surface area contributed by atoms with E-state index in [1.807, 2.05) is 38.1 Å². The lowest BCUT2D eigenvalue weighted by Gasteiger charge is -1.98. The molecule has 0 unspecified atom stereocenters. The highest BCUT2D eigenvalue weighted by atomic mass is 14.9. The molecule has 3 heteroatoms. The number of aromatic amines is 1. The zero-order chi connectivity index (χ0) is 11.5. The van der Waals surface area contributed by atoms with Crippen molar-refractivity contribution in [1.82, 2.24) is 9.97 Å². The monoisotopic (exact) mass is 211 g/mol. The Bertz CT molecular complexity index is 551. The maximum atomic E-state index is 9.14. The van der Waals surface area contributed by atoms with E-state index in [0.29, 0.717) is 11.4 Å². The maximum Gasteiger partial charge on any atom is 0.149 e. The zero-order valence-corrected chi connectivity index (χ0v) is 9.41. The molecule has 0 fully saturated rings. The van der Waals surface area contributed by atoms with Crippen LogP contribution in [0.3, 0.4) is 0 Å². The number of hydrogen-bond donors (Lipinski definition) is 1. The Kier molecular flexibility index (Phi) is 2.74. The summed E-state index contributed by atoms with van der Waals surface area (Å²) in [5.41, 5.74) is 3.57. The van der Waals surface area contributed by atoms with Gasteiger partial charge in [-0.3, -0.25) is 0 Å². The number of H-pyrrole nitrogens is 1. The van der Waals surface area contributed by atoms with Crippen molar-refractivity contribution in [3.63, 3.8) is 0 Å². The van der Waals surface area contributed by atoms with E-state index in [9.17, 15) is 0 Å². The summed E-state index contributed by atoms with van der Waals surface area (Å²) in [7, 11) is 0. The predicted molar refractivity (Wildman–Crippen MR) is 64.6 cm³/mol. The van der Waals surface area contributed by atoms with Crippen LogP contribution in [0.25, 0.3) is 16.6 Å². The van der Waals surface area contributed by atoms with E-state index in [4.69, 9.17) is 5.26 Å². The minimum absolute atomic E-state index is 0.652. The number of nitrogens with one attached hydrogen (secondary N) is 1. The molecule has 1 N–H and O–H groups in total. The molecule has 0 spiro atoms. The van der Waals surface area contributed by atoms with Crippen LogP contribution in [0.5, 0.6) is 0 Å². The minimum atomic E-state index is 0.652. The van der Waals surface area contributed by atoms with Crippen LogP contribution >= 0.6 is 0 Å². The number of benzene rings is 1. The summed E-state index contributed by atoms with van der Waals surface area (Å²) in [6, 6.07) is 10.0. The molecule has 3 nitrogen and oxygen atoms in total. The van der Waals surface area contributed by atoms with Gasteiger partial charge in [-0.05, 0) is 25.5 Å². The first-order valence-corrected chi connectivity index (χ1v) is 5.31. The number of nitriles is 1. The van der Waals surface area contributed by atoms with E-state index in [-0.39, 0.29) is 0 Å². The van der Waals surface area contributed by atoms with Gasteiger partial charge >= 0.3 is 0 Å². The Labute approximate surface area is 94.4 Å². The molecular weight excluding hydrogens is 198 g/mol. The minimum Gasteiger partial charge on any atom is -0.337 e. The van der Waals surface area contributed by atoms with Gasteiger partial charge in [0, 0.05) is 0 Å². The topological polar surface area (TPSA) is 52.5 Å². The lowest BCUT2D eigenvalue weighted by molar-refractivity contribution is 1.09. The molecule has 2 aromatic rings. The molecule has 1 aromatic heterocycles. The first-order valence-electron chi connectivity index (χ1n) is 5.31. The fourth-order valence-electron chi connectivity index (χ4n) is 1.60. The van der Waals surface area contributed by atoms with Crippen LogP contribution in [0.1, 0.15) is 26.1 Å². The molecule has 1 aromatic carbocycles. The largest absolute Gasteiger partial charge is 0.337 e. The molecule has 16 heavy (non-hydrogen) atoms. The quantitative estimate of drug-likeness (QED) is 0.775. The van der Waals surface area contributed by atoms with Crippen molar-refractivity contribution >= 4 is 16.6 Å². The van der Waals surface area contributed by atoms with Crippen LogP contribution in [0.2, 0.25) is 0 Å². The van der Waals surface area contributed by atoms with E-state index < -0.39 is 0 Å². The summed E-state index contributed by atoms with van der Waals surface area (Å²) < 4.78 is 0. The summed E-state index contributed by atoms with van der Waals surface area (Å²) >= 11 is 0. The van der Waals surface area contributed by atoms with Gasteiger partial charge in [-0.25, -0.2) is 4.98 Å². The van der Waals surface area contributed by atoms with E-state index in [1.165, 1.54) is 0 Å². The Balaban J connectivity index is 2.60. The van der Waals surface area contributed by atoms with Crippen LogP contribution in [-0.4, -0.2) is 9.97 Å². The molecule has 80 valence electrons. The molecule has 0 aliphatic heterocycles. The van der Waals surface area contributed by atoms with Gasteiger partial charge in [0.05, 0.1) is 16.6 Å². The maximum absolute atomic E-state index is 9.14. The Morgan fingerprint density at radius 3 is 2.81 bits per heavy atom. The molecule has 0 atom stereocenters. The fourth-order valence-corrected chi connectivity index (χ4v) is 1.60. The van der Waals surface area contributed by atoms with Gasteiger partial charge in [0.1, 0.15) is 11.9 Å². The van der Waals surface area contributed by atoms with Crippen molar-refractivity contribution in [3.05, 3.63) is 35.7 Å². The standard InChI is InChI=1S/C13H13N3/c1-3-9(2)10(8-14)13-15-11-6-4-5-7-12(11)16-13/h4-7H,3H2,1-2H3,(H,15,16). The van der Waals surface area contributed by atoms with E-state index in [0.717, 1.165) is 23.0 Å². The average molecular weight is 211 g/mol. The Morgan fingerprint density at radius 1 is 1.44 bits per heavy atom. The second-order valence-corrected chi connectivity index (χ2v) is 3.72. The molecule has 2 rings (SSSR count). The van der Waals surface area contributed by atoms with Crippen molar-refractivity contribution in [3.8, 4) is 6.07 Å². The molecule has 1 heterocycles. The first kappa shape index (κ1) is 10.4. The molecule has 0 saturated carbocycles. The second-order valence-electron chi connectivity index (χ2n) is 3.72. The summed E-state index contributed by atoms with van der Waals surface area (Å²) in [6.45, 7) is 4.00. The highest BCUT2D eigenvalue weighted by Crippen LogP contribution is 2.20. The van der Waals surface area contributed by atoms with E-state index in [1.54, 1.807) is 0 Å². The van der Waals surface area contributed by atoms with Crippen molar-refractivity contribution in [2.45, 2.75) is 20.3 Å². The third-order valence-electron chi connectivity index (χ3n) is 2.70. The van der Waals surface area contributed by atoms with Gasteiger partial charge in [-0.2, -0.15) is 5.26 Å². The third-order valence-corrected chi connectivity index (χ3v) is 2.70. The highest BCUT2D eigenvalue weighted by Gasteiger charge is 2.09. The highest BCUT2D eigenvalue weighted by molar-refractivity contribution is 5.83. The van der Waals surface area contributed by atoms with Crippen molar-refractivity contribution < 1.29 is 0 Å². The van der Waals surface area contributed by atoms with Gasteiger partial charge in [0.2, 0.25) is 0 Å². The molecule has 0 bridgehead atoms. The number of aromatic nitrogens is 2. The second kappa shape index (κ2) is 4.19. The fraction of sp³-hybridized carbons (Fsp3) is 0.231. The number of allylic oxidation sites excluding steroid dienone is 2. The normalized spacial score (nSPS) is 12.3. The zero-order valence-electron chi connectivity index (χ0n) is 9.41. The summed E-state index contributed by atoms with van der Waals surface area (Å²) in [5.74, 6) is 0.669.